The molecule has 3 aliphatic rings. The number of hydrogen-bond donors (Lipinski definition) is 2. The number of benzene rings is 2. The molecule has 162 valence electrons. The van der Waals surface area contributed by atoms with Gasteiger partial charge in [-0.2, -0.15) is 20.5 Å². The molecular weight excluding hydrogens is 412 g/mol. The van der Waals surface area contributed by atoms with Crippen LogP contribution in [-0.4, -0.2) is 77.2 Å². The van der Waals surface area contributed by atoms with Crippen molar-refractivity contribution in [1.82, 2.24) is 25.6 Å². The minimum Gasteiger partial charge on any atom is -0.319 e. The van der Waals surface area contributed by atoms with Gasteiger partial charge in [0, 0.05) is 32.2 Å². The van der Waals surface area contributed by atoms with Crippen LogP contribution in [0.2, 0.25) is 5.02 Å². The Morgan fingerprint density at radius 1 is 1.06 bits per heavy atom. The maximum Gasteiger partial charge on any atom is 0.115 e. The van der Waals surface area contributed by atoms with E-state index in [0.29, 0.717) is 16.4 Å². The number of piperazine rings is 3. The first-order valence-electron chi connectivity index (χ1n) is 10.9. The highest BCUT2D eigenvalue weighted by Crippen LogP contribution is 2.30. The van der Waals surface area contributed by atoms with Gasteiger partial charge in [0.05, 0.1) is 36.9 Å². The number of H-pyrrole nitrogens is 1. The van der Waals surface area contributed by atoms with Gasteiger partial charge in [0.15, 0.2) is 0 Å². The quantitative estimate of drug-likeness (QED) is 0.433. The maximum absolute atomic E-state index is 6.51. The molecule has 0 saturated carbocycles. The average Bonchev–Trinajstić information content (AvgIpc) is 3.27. The van der Waals surface area contributed by atoms with E-state index in [1.54, 1.807) is 0 Å². The summed E-state index contributed by atoms with van der Waals surface area (Å²) in [4.78, 5) is 2.59. The zero-order valence-corrected chi connectivity index (χ0v) is 18.5. The van der Waals surface area contributed by atoms with Gasteiger partial charge in [-0.3, -0.25) is 4.90 Å². The first-order chi connectivity index (χ1) is 15.1. The number of nitrogens with one attached hydrogen (secondary N) is 2. The van der Waals surface area contributed by atoms with Gasteiger partial charge in [-0.05, 0) is 42.8 Å². The number of halogens is 1. The van der Waals surface area contributed by atoms with Gasteiger partial charge in [-0.25, -0.2) is 0 Å². The van der Waals surface area contributed by atoms with Crippen molar-refractivity contribution in [2.45, 2.75) is 13.0 Å². The van der Waals surface area contributed by atoms with Crippen LogP contribution in [-0.2, 0) is 0 Å². The van der Waals surface area contributed by atoms with E-state index >= 15 is 0 Å². The van der Waals surface area contributed by atoms with Gasteiger partial charge in [-0.15, -0.1) is 5.11 Å². The Kier molecular flexibility index (Phi) is 5.71. The minimum atomic E-state index is 0.238. The van der Waals surface area contributed by atoms with Gasteiger partial charge in [0.25, 0.3) is 0 Å². The number of nitrogens with zero attached hydrogens (tertiary/aromatic N) is 6. The summed E-state index contributed by atoms with van der Waals surface area (Å²) >= 11 is 6.51. The van der Waals surface area contributed by atoms with Crippen LogP contribution >= 0.6 is 11.6 Å². The lowest BCUT2D eigenvalue weighted by molar-refractivity contribution is -0.939. The van der Waals surface area contributed by atoms with E-state index < -0.39 is 0 Å². The number of quaternary nitrogens is 1. The smallest absolute Gasteiger partial charge is 0.115 e. The van der Waals surface area contributed by atoms with Crippen LogP contribution < -0.4 is 5.32 Å². The number of fused-ring (bicyclic) bond motifs is 4. The van der Waals surface area contributed by atoms with Crippen molar-refractivity contribution in [2.24, 2.45) is 10.2 Å². The Morgan fingerprint density at radius 3 is 2.61 bits per heavy atom. The van der Waals surface area contributed by atoms with E-state index in [-0.39, 0.29) is 6.04 Å². The molecular formula is C22H28ClN8+. The molecule has 3 aliphatic heterocycles. The normalized spacial score (nSPS) is 24.3. The van der Waals surface area contributed by atoms with Crippen molar-refractivity contribution in [3.63, 3.8) is 0 Å². The van der Waals surface area contributed by atoms with Crippen molar-refractivity contribution < 1.29 is 4.48 Å². The fraction of sp³-hybridized carbons (Fsp3) is 0.455. The first-order valence-corrected chi connectivity index (χ1v) is 11.3. The number of rotatable bonds is 7. The van der Waals surface area contributed by atoms with Crippen LogP contribution in [0.15, 0.2) is 46.6 Å². The van der Waals surface area contributed by atoms with E-state index in [9.17, 15) is 0 Å². The van der Waals surface area contributed by atoms with Gasteiger partial charge in [-0.1, -0.05) is 17.7 Å². The Labute approximate surface area is 186 Å². The highest BCUT2D eigenvalue weighted by Gasteiger charge is 2.37. The molecule has 1 aromatic heterocycles. The molecule has 2 N–H and O–H groups in total. The number of aromatic amines is 1. The predicted octanol–water partition coefficient (Wildman–Crippen LogP) is 3.82. The molecule has 6 rings (SSSR count). The number of azo groups is 1. The molecule has 1 unspecified atom stereocenters. The minimum absolute atomic E-state index is 0.238. The molecule has 3 saturated heterocycles. The molecule has 3 fully saturated rings. The molecule has 1 atom stereocenters. The molecule has 31 heavy (non-hydrogen) atoms. The second-order valence-corrected chi connectivity index (χ2v) is 9.07. The van der Waals surface area contributed by atoms with E-state index in [1.807, 2.05) is 30.3 Å². The first kappa shape index (κ1) is 20.5. The molecule has 2 aromatic carbocycles. The average molecular weight is 440 g/mol. The Bertz CT molecular complexity index is 1070. The lowest BCUT2D eigenvalue weighted by Gasteiger charge is -2.50. The van der Waals surface area contributed by atoms with Crippen LogP contribution in [0.3, 0.4) is 0 Å². The highest BCUT2D eigenvalue weighted by atomic mass is 35.5. The standard InChI is InChI=1S/C22H28ClN8/c1-16(24-6-10-31-11-7-30(8-12-31)9-13-31)17-2-4-20(19(23)14-17)26-25-18-3-5-21-22(15-18)28-29-27-21/h2-5,14-16,24H,6-13H2,1H3,(H,27,28,29)/q+1. The van der Waals surface area contributed by atoms with E-state index in [1.165, 1.54) is 50.3 Å². The van der Waals surface area contributed by atoms with Crippen LogP contribution in [0.4, 0.5) is 11.4 Å². The molecule has 0 amide bonds. The fourth-order valence-electron chi connectivity index (χ4n) is 4.58. The Hall–Kier alpha value is -2.39. The lowest BCUT2D eigenvalue weighted by Crippen LogP contribution is -2.68. The van der Waals surface area contributed by atoms with Gasteiger partial charge in [0.1, 0.15) is 16.7 Å². The fourth-order valence-corrected chi connectivity index (χ4v) is 4.81. The largest absolute Gasteiger partial charge is 0.319 e. The monoisotopic (exact) mass is 439 g/mol. The van der Waals surface area contributed by atoms with Crippen LogP contribution in [0.1, 0.15) is 18.5 Å². The van der Waals surface area contributed by atoms with E-state index in [2.05, 4.69) is 48.8 Å². The SMILES string of the molecule is CC(NCC[N+]12CCN(CC1)CC2)c1ccc(N=Nc2ccc3n[nH]nc3c2)c(Cl)c1. The molecule has 9 heteroatoms. The zero-order valence-electron chi connectivity index (χ0n) is 17.8. The van der Waals surface area contributed by atoms with Gasteiger partial charge < -0.3 is 9.80 Å². The third-order valence-electron chi connectivity index (χ3n) is 6.75. The Balaban J connectivity index is 1.19. The van der Waals surface area contributed by atoms with Gasteiger partial charge in [0.2, 0.25) is 0 Å². The zero-order chi connectivity index (χ0) is 21.3. The third kappa shape index (κ3) is 4.48. The van der Waals surface area contributed by atoms with Crippen molar-refractivity contribution in [3.05, 3.63) is 47.0 Å². The van der Waals surface area contributed by atoms with Crippen molar-refractivity contribution >= 4 is 34.0 Å². The molecule has 8 nitrogen and oxygen atoms in total. The van der Waals surface area contributed by atoms with Crippen LogP contribution in [0.25, 0.3) is 11.0 Å². The summed E-state index contributed by atoms with van der Waals surface area (Å²) in [5, 5.41) is 23.6. The van der Waals surface area contributed by atoms with Gasteiger partial charge >= 0.3 is 0 Å². The summed E-state index contributed by atoms with van der Waals surface area (Å²) in [7, 11) is 0. The lowest BCUT2D eigenvalue weighted by atomic mass is 10.1. The molecule has 3 aromatic rings. The topological polar surface area (TPSA) is 81.6 Å². The third-order valence-corrected chi connectivity index (χ3v) is 7.06. The molecule has 0 aliphatic carbocycles. The summed E-state index contributed by atoms with van der Waals surface area (Å²) < 4.78 is 1.27. The van der Waals surface area contributed by atoms with Crippen LogP contribution in [0, 0.1) is 0 Å². The number of aromatic nitrogens is 3. The second kappa shape index (κ2) is 8.63. The molecule has 2 bridgehead atoms. The summed E-state index contributed by atoms with van der Waals surface area (Å²) in [6.07, 6.45) is 0. The second-order valence-electron chi connectivity index (χ2n) is 8.66. The van der Waals surface area contributed by atoms with Crippen LogP contribution in [0.5, 0.6) is 0 Å². The van der Waals surface area contributed by atoms with Crippen molar-refractivity contribution in [2.75, 3.05) is 52.4 Å². The number of hydrogen-bond acceptors (Lipinski definition) is 6. The molecule has 0 radical (unpaired) electrons. The summed E-state index contributed by atoms with van der Waals surface area (Å²) in [5.41, 5.74) is 4.09. The molecule has 4 heterocycles. The highest BCUT2D eigenvalue weighted by molar-refractivity contribution is 6.33. The van der Waals surface area contributed by atoms with E-state index in [0.717, 1.165) is 23.1 Å². The van der Waals surface area contributed by atoms with E-state index in [4.69, 9.17) is 11.6 Å². The maximum atomic E-state index is 6.51. The summed E-state index contributed by atoms with van der Waals surface area (Å²) in [5.74, 6) is 0. The summed E-state index contributed by atoms with van der Waals surface area (Å²) in [6.45, 7) is 12.1. The summed E-state index contributed by atoms with van der Waals surface area (Å²) in [6, 6.07) is 11.8. The van der Waals surface area contributed by atoms with Crippen molar-refractivity contribution in [1.29, 1.82) is 0 Å². The predicted molar refractivity (Wildman–Crippen MR) is 122 cm³/mol. The molecule has 0 spiro atoms. The van der Waals surface area contributed by atoms with Crippen molar-refractivity contribution in [3.8, 4) is 0 Å². The Morgan fingerprint density at radius 2 is 1.84 bits per heavy atom.